The molecule has 0 saturated carbocycles. The Morgan fingerprint density at radius 3 is 2.27 bits per heavy atom. The summed E-state index contributed by atoms with van der Waals surface area (Å²) in [6.45, 7) is 4.82. The van der Waals surface area contributed by atoms with Gasteiger partial charge >= 0.3 is 7.82 Å². The number of hydrogen-bond acceptors (Lipinski definition) is 6. The number of nitrogens with one attached hydrogen (secondary N) is 1. The summed E-state index contributed by atoms with van der Waals surface area (Å²) >= 11 is 0. The van der Waals surface area contributed by atoms with Crippen LogP contribution >= 0.6 is 7.82 Å². The second-order valence-electron chi connectivity index (χ2n) is 9.13. The Bertz CT molecular complexity index is 1230. The fraction of sp³-hybridized carbons (Fsp3) is 0.296. The third-order valence-electron chi connectivity index (χ3n) is 5.32. The number of hydrogen-bond donors (Lipinski definition) is 4. The molecule has 37 heavy (non-hydrogen) atoms. The predicted octanol–water partition coefficient (Wildman–Crippen LogP) is 4.53. The summed E-state index contributed by atoms with van der Waals surface area (Å²) in [6, 6.07) is 23.4. The molecular weight excluding hydrogens is 495 g/mol. The SMILES string of the molecule is CC(C)Oc1cc(NC(=O)[C@@](C)(N)COP(=O)(O)O)ccc1OCCc1ccc(-c2ccccc2)cc1. The van der Waals surface area contributed by atoms with Crippen LogP contribution in [0.15, 0.2) is 72.8 Å². The second kappa shape index (κ2) is 12.4. The highest BCUT2D eigenvalue weighted by Gasteiger charge is 2.32. The molecule has 3 aromatic carbocycles. The minimum absolute atomic E-state index is 0.143. The van der Waals surface area contributed by atoms with Crippen LogP contribution in [0.4, 0.5) is 5.69 Å². The van der Waals surface area contributed by atoms with Gasteiger partial charge in [-0.1, -0.05) is 54.6 Å². The van der Waals surface area contributed by atoms with E-state index in [4.69, 9.17) is 25.0 Å². The van der Waals surface area contributed by atoms with Gasteiger partial charge in [0.15, 0.2) is 11.5 Å². The molecule has 0 aliphatic carbocycles. The average Bonchev–Trinajstić information content (AvgIpc) is 2.84. The quantitative estimate of drug-likeness (QED) is 0.252. The smallest absolute Gasteiger partial charge is 0.469 e. The van der Waals surface area contributed by atoms with Crippen LogP contribution in [-0.4, -0.2) is 40.6 Å². The molecule has 198 valence electrons. The molecule has 0 bridgehead atoms. The van der Waals surface area contributed by atoms with Gasteiger partial charge in [-0.05, 0) is 49.6 Å². The van der Waals surface area contributed by atoms with E-state index in [0.29, 0.717) is 30.2 Å². The minimum atomic E-state index is -4.76. The van der Waals surface area contributed by atoms with Crippen molar-refractivity contribution in [1.82, 2.24) is 0 Å². The maximum absolute atomic E-state index is 12.6. The van der Waals surface area contributed by atoms with Crippen molar-refractivity contribution in [3.8, 4) is 22.6 Å². The first-order valence-electron chi connectivity index (χ1n) is 11.8. The van der Waals surface area contributed by atoms with E-state index in [1.54, 1.807) is 18.2 Å². The fourth-order valence-electron chi connectivity index (χ4n) is 3.38. The van der Waals surface area contributed by atoms with Gasteiger partial charge in [-0.2, -0.15) is 0 Å². The van der Waals surface area contributed by atoms with Crippen LogP contribution in [0, 0.1) is 0 Å². The maximum Gasteiger partial charge on any atom is 0.469 e. The lowest BCUT2D eigenvalue weighted by Crippen LogP contribution is -2.52. The van der Waals surface area contributed by atoms with Crippen molar-refractivity contribution in [1.29, 1.82) is 0 Å². The Balaban J connectivity index is 1.63. The highest BCUT2D eigenvalue weighted by molar-refractivity contribution is 7.46. The van der Waals surface area contributed by atoms with Gasteiger partial charge in [0, 0.05) is 18.2 Å². The summed E-state index contributed by atoms with van der Waals surface area (Å²) in [7, 11) is -4.76. The number of ether oxygens (including phenoxy) is 2. The Kier molecular flexibility index (Phi) is 9.48. The molecule has 9 nitrogen and oxygen atoms in total. The molecule has 0 aliphatic rings. The molecule has 0 saturated heterocycles. The van der Waals surface area contributed by atoms with Gasteiger partial charge in [0.25, 0.3) is 0 Å². The van der Waals surface area contributed by atoms with E-state index >= 15 is 0 Å². The van der Waals surface area contributed by atoms with E-state index in [-0.39, 0.29) is 6.10 Å². The number of phosphoric ester groups is 1. The van der Waals surface area contributed by atoms with Crippen LogP contribution in [0.5, 0.6) is 11.5 Å². The maximum atomic E-state index is 12.6. The van der Waals surface area contributed by atoms with E-state index in [0.717, 1.165) is 16.7 Å². The number of nitrogens with two attached hydrogens (primary N) is 1. The second-order valence-corrected chi connectivity index (χ2v) is 10.4. The molecule has 0 spiro atoms. The van der Waals surface area contributed by atoms with E-state index in [1.807, 2.05) is 32.0 Å². The predicted molar refractivity (Wildman–Crippen MR) is 143 cm³/mol. The van der Waals surface area contributed by atoms with Crippen molar-refractivity contribution in [3.05, 3.63) is 78.4 Å². The first-order chi connectivity index (χ1) is 17.4. The summed E-state index contributed by atoms with van der Waals surface area (Å²) in [5.74, 6) is 0.287. The zero-order valence-electron chi connectivity index (χ0n) is 21.1. The zero-order chi connectivity index (χ0) is 27.1. The van der Waals surface area contributed by atoms with Crippen molar-refractivity contribution < 1.29 is 33.1 Å². The van der Waals surface area contributed by atoms with Crippen LogP contribution in [0.2, 0.25) is 0 Å². The molecule has 0 heterocycles. The Labute approximate surface area is 216 Å². The third-order valence-corrected chi connectivity index (χ3v) is 5.79. The number of amides is 1. The fourth-order valence-corrected chi connectivity index (χ4v) is 3.82. The molecule has 0 unspecified atom stereocenters. The van der Waals surface area contributed by atoms with Gasteiger partial charge in [0.1, 0.15) is 5.54 Å². The topological polar surface area (TPSA) is 140 Å². The lowest BCUT2D eigenvalue weighted by Gasteiger charge is -2.24. The van der Waals surface area contributed by atoms with E-state index in [2.05, 4.69) is 46.2 Å². The summed E-state index contributed by atoms with van der Waals surface area (Å²) in [5, 5.41) is 2.63. The van der Waals surface area contributed by atoms with Crippen molar-refractivity contribution in [3.63, 3.8) is 0 Å². The van der Waals surface area contributed by atoms with E-state index < -0.39 is 25.9 Å². The van der Waals surface area contributed by atoms with Gasteiger partial charge in [-0.25, -0.2) is 4.57 Å². The summed E-state index contributed by atoms with van der Waals surface area (Å²) < 4.78 is 27.2. The minimum Gasteiger partial charge on any atom is -0.489 e. The Morgan fingerprint density at radius 1 is 1.00 bits per heavy atom. The Hall–Kier alpha value is -3.20. The van der Waals surface area contributed by atoms with Crippen molar-refractivity contribution >= 4 is 19.4 Å². The first kappa shape index (κ1) is 28.4. The van der Waals surface area contributed by atoms with Crippen LogP contribution < -0.4 is 20.5 Å². The number of anilines is 1. The van der Waals surface area contributed by atoms with Gasteiger partial charge in [0.2, 0.25) is 5.91 Å². The Morgan fingerprint density at radius 2 is 1.65 bits per heavy atom. The van der Waals surface area contributed by atoms with Gasteiger partial charge in [-0.15, -0.1) is 0 Å². The summed E-state index contributed by atoms with van der Waals surface area (Å²) in [6.07, 6.45) is 0.551. The third kappa shape index (κ3) is 9.00. The van der Waals surface area contributed by atoms with E-state index in [9.17, 15) is 9.36 Å². The van der Waals surface area contributed by atoms with Crippen LogP contribution in [0.3, 0.4) is 0 Å². The molecule has 5 N–H and O–H groups in total. The standard InChI is InChI=1S/C27H33N2O7P/c1-19(2)36-25-17-23(29-26(30)27(3,28)18-35-37(31,32)33)13-14-24(25)34-16-15-20-9-11-22(12-10-20)21-7-5-4-6-8-21/h4-14,17,19H,15-16,18,28H2,1-3H3,(H,29,30)(H2,31,32,33)/t27-/m0/s1. The van der Waals surface area contributed by atoms with E-state index in [1.165, 1.54) is 6.92 Å². The zero-order valence-corrected chi connectivity index (χ0v) is 22.0. The molecule has 10 heteroatoms. The molecule has 1 atom stereocenters. The highest BCUT2D eigenvalue weighted by Crippen LogP contribution is 2.37. The average molecular weight is 529 g/mol. The number of rotatable bonds is 12. The van der Waals surface area contributed by atoms with Crippen LogP contribution in [0.1, 0.15) is 26.3 Å². The number of phosphoric acid groups is 1. The molecule has 0 fully saturated rings. The molecule has 3 aromatic rings. The lowest BCUT2D eigenvalue weighted by atomic mass is 10.0. The van der Waals surface area contributed by atoms with Gasteiger partial charge in [0.05, 0.1) is 19.3 Å². The monoisotopic (exact) mass is 528 g/mol. The van der Waals surface area contributed by atoms with Crippen LogP contribution in [0.25, 0.3) is 11.1 Å². The van der Waals surface area contributed by atoms with Gasteiger partial charge in [-0.3, -0.25) is 9.32 Å². The lowest BCUT2D eigenvalue weighted by molar-refractivity contribution is -0.121. The number of benzene rings is 3. The largest absolute Gasteiger partial charge is 0.489 e. The molecule has 0 radical (unpaired) electrons. The highest BCUT2D eigenvalue weighted by atomic mass is 31.2. The normalized spacial score (nSPS) is 13.2. The van der Waals surface area contributed by atoms with Crippen molar-refractivity contribution in [2.45, 2.75) is 38.8 Å². The first-order valence-corrected chi connectivity index (χ1v) is 13.3. The van der Waals surface area contributed by atoms with Crippen molar-refractivity contribution in [2.24, 2.45) is 5.73 Å². The summed E-state index contributed by atoms with van der Waals surface area (Å²) in [4.78, 5) is 30.3. The van der Waals surface area contributed by atoms with Crippen molar-refractivity contribution in [2.75, 3.05) is 18.5 Å². The number of carbonyl (C=O) groups excluding carboxylic acids is 1. The number of carbonyl (C=O) groups is 1. The van der Waals surface area contributed by atoms with Crippen LogP contribution in [-0.2, 0) is 20.3 Å². The molecule has 1 amide bonds. The summed E-state index contributed by atoms with van der Waals surface area (Å²) in [5.41, 5.74) is 8.05. The molecular formula is C27H33N2O7P. The molecule has 0 aliphatic heterocycles. The molecule has 3 rings (SSSR count). The van der Waals surface area contributed by atoms with Gasteiger partial charge < -0.3 is 30.3 Å². The molecule has 0 aromatic heterocycles.